The highest BCUT2D eigenvalue weighted by Gasteiger charge is 2.36. The Kier molecular flexibility index (Phi) is 6.70. The third-order valence-electron chi connectivity index (χ3n) is 4.79. The molecule has 0 aliphatic carbocycles. The molecule has 1 aliphatic rings. The van der Waals surface area contributed by atoms with Gasteiger partial charge in [0.1, 0.15) is 17.9 Å². The average molecular weight is 502 g/mol. The lowest BCUT2D eigenvalue weighted by Gasteiger charge is -2.26. The number of amides is 4. The first-order chi connectivity index (χ1) is 15.8. The van der Waals surface area contributed by atoms with E-state index in [1.165, 1.54) is 18.2 Å². The van der Waals surface area contributed by atoms with E-state index < -0.39 is 17.8 Å². The Labute approximate surface area is 204 Å². The third kappa shape index (κ3) is 5.20. The number of hydrogen-bond acceptors (Lipinski definition) is 4. The predicted octanol–water partition coefficient (Wildman–Crippen LogP) is 5.89. The number of barbiturate groups is 1. The number of halogens is 3. The first-order valence-corrected chi connectivity index (χ1v) is 10.8. The van der Waals surface area contributed by atoms with E-state index in [1.54, 1.807) is 54.6 Å². The number of nitrogens with zero attached hydrogens (tertiary/aromatic N) is 1. The minimum atomic E-state index is -0.825. The molecule has 166 valence electrons. The lowest BCUT2D eigenvalue weighted by Crippen LogP contribution is -2.54. The highest BCUT2D eigenvalue weighted by Crippen LogP contribution is 2.25. The van der Waals surface area contributed by atoms with Crippen molar-refractivity contribution in [1.82, 2.24) is 5.32 Å². The van der Waals surface area contributed by atoms with Crippen LogP contribution in [0.2, 0.25) is 15.1 Å². The Hall–Kier alpha value is -3.32. The molecule has 3 aromatic rings. The van der Waals surface area contributed by atoms with Crippen LogP contribution in [0.15, 0.2) is 72.3 Å². The van der Waals surface area contributed by atoms with Crippen LogP contribution < -0.4 is 15.0 Å². The minimum absolute atomic E-state index is 0.175. The van der Waals surface area contributed by atoms with Gasteiger partial charge in [0.05, 0.1) is 5.69 Å². The predicted molar refractivity (Wildman–Crippen MR) is 128 cm³/mol. The lowest BCUT2D eigenvalue weighted by atomic mass is 10.1. The van der Waals surface area contributed by atoms with Crippen LogP contribution in [0.3, 0.4) is 0 Å². The zero-order chi connectivity index (χ0) is 23.5. The van der Waals surface area contributed by atoms with Gasteiger partial charge in [-0.1, -0.05) is 53.0 Å². The summed E-state index contributed by atoms with van der Waals surface area (Å²) in [6.07, 6.45) is 1.41. The molecule has 9 heteroatoms. The van der Waals surface area contributed by atoms with Crippen LogP contribution in [0.25, 0.3) is 6.08 Å². The molecule has 0 aromatic heterocycles. The summed E-state index contributed by atoms with van der Waals surface area (Å²) in [5.41, 5.74) is 1.48. The van der Waals surface area contributed by atoms with E-state index >= 15 is 0 Å². The molecule has 3 aromatic carbocycles. The molecule has 33 heavy (non-hydrogen) atoms. The van der Waals surface area contributed by atoms with Crippen molar-refractivity contribution >= 4 is 64.4 Å². The number of imide groups is 2. The Morgan fingerprint density at radius 2 is 1.52 bits per heavy atom. The van der Waals surface area contributed by atoms with E-state index in [-0.39, 0.29) is 12.2 Å². The number of carbonyl (C=O) groups is 3. The summed E-state index contributed by atoms with van der Waals surface area (Å²) in [5, 5.41) is 3.68. The van der Waals surface area contributed by atoms with Gasteiger partial charge in [-0.2, -0.15) is 0 Å². The van der Waals surface area contributed by atoms with Crippen LogP contribution in [0.1, 0.15) is 11.1 Å². The smallest absolute Gasteiger partial charge is 0.335 e. The first-order valence-electron chi connectivity index (χ1n) is 9.65. The number of benzene rings is 3. The Morgan fingerprint density at radius 3 is 2.18 bits per heavy atom. The van der Waals surface area contributed by atoms with E-state index in [1.807, 2.05) is 0 Å². The third-order valence-corrected chi connectivity index (χ3v) is 5.63. The van der Waals surface area contributed by atoms with Gasteiger partial charge in [0.2, 0.25) is 0 Å². The molecule has 1 N–H and O–H groups in total. The van der Waals surface area contributed by atoms with Crippen LogP contribution in [0.5, 0.6) is 5.75 Å². The SMILES string of the molecule is O=C1NC(=O)N(c2ccc(Cl)cc2)C(=O)/C1=C/c1ccc(OCc2ccc(Cl)cc2Cl)cc1. The molecule has 0 atom stereocenters. The summed E-state index contributed by atoms with van der Waals surface area (Å²) >= 11 is 17.9. The maximum atomic E-state index is 12.9. The van der Waals surface area contributed by atoms with Crippen molar-refractivity contribution in [2.75, 3.05) is 4.90 Å². The van der Waals surface area contributed by atoms with Crippen LogP contribution in [-0.4, -0.2) is 17.8 Å². The zero-order valence-electron chi connectivity index (χ0n) is 16.8. The molecule has 1 saturated heterocycles. The largest absolute Gasteiger partial charge is 0.489 e. The Bertz CT molecular complexity index is 1270. The fraction of sp³-hybridized carbons (Fsp3) is 0.0417. The minimum Gasteiger partial charge on any atom is -0.489 e. The van der Waals surface area contributed by atoms with Crippen molar-refractivity contribution in [2.24, 2.45) is 0 Å². The molecule has 4 rings (SSSR count). The summed E-state index contributed by atoms with van der Waals surface area (Å²) < 4.78 is 5.74. The van der Waals surface area contributed by atoms with Gasteiger partial charge in [0.15, 0.2) is 0 Å². The Morgan fingerprint density at radius 1 is 0.848 bits per heavy atom. The maximum absolute atomic E-state index is 12.9. The molecule has 0 saturated carbocycles. The summed E-state index contributed by atoms with van der Waals surface area (Å²) in [5.74, 6) is -0.933. The molecule has 0 bridgehead atoms. The van der Waals surface area contributed by atoms with E-state index in [0.29, 0.717) is 32.1 Å². The molecular formula is C24H15Cl3N2O4. The van der Waals surface area contributed by atoms with Gasteiger partial charge >= 0.3 is 6.03 Å². The molecular weight excluding hydrogens is 487 g/mol. The van der Waals surface area contributed by atoms with Crippen molar-refractivity contribution in [3.8, 4) is 5.75 Å². The molecule has 4 amide bonds. The van der Waals surface area contributed by atoms with Crippen LogP contribution in [-0.2, 0) is 16.2 Å². The maximum Gasteiger partial charge on any atom is 0.335 e. The number of hydrogen-bond donors (Lipinski definition) is 1. The van der Waals surface area contributed by atoms with Gasteiger partial charge in [-0.15, -0.1) is 0 Å². The second-order valence-electron chi connectivity index (χ2n) is 7.03. The summed E-state index contributed by atoms with van der Waals surface area (Å²) in [6, 6.07) is 17.2. The summed E-state index contributed by atoms with van der Waals surface area (Å²) in [7, 11) is 0. The number of ether oxygens (including phenoxy) is 1. The highest BCUT2D eigenvalue weighted by molar-refractivity contribution is 6.39. The van der Waals surface area contributed by atoms with Gasteiger partial charge in [0.25, 0.3) is 11.8 Å². The van der Waals surface area contributed by atoms with Crippen molar-refractivity contribution < 1.29 is 19.1 Å². The fourth-order valence-electron chi connectivity index (χ4n) is 3.11. The van der Waals surface area contributed by atoms with Crippen molar-refractivity contribution in [3.05, 3.63) is 98.5 Å². The van der Waals surface area contributed by atoms with Crippen LogP contribution in [0.4, 0.5) is 10.5 Å². The standard InChI is InChI=1S/C24H15Cl3N2O4/c25-16-5-7-18(8-6-16)29-23(31)20(22(30)28-24(29)32)11-14-1-9-19(10-2-14)33-13-15-3-4-17(26)12-21(15)27/h1-12H,13H2,(H,28,30,32)/b20-11+. The van der Waals surface area contributed by atoms with Crippen LogP contribution >= 0.6 is 34.8 Å². The molecule has 0 spiro atoms. The normalized spacial score (nSPS) is 15.1. The van der Waals surface area contributed by atoms with E-state index in [9.17, 15) is 14.4 Å². The van der Waals surface area contributed by atoms with E-state index in [2.05, 4.69) is 5.32 Å². The van der Waals surface area contributed by atoms with Crippen LogP contribution in [0, 0.1) is 0 Å². The first kappa shape index (κ1) is 22.9. The number of nitrogens with one attached hydrogen (secondary N) is 1. The highest BCUT2D eigenvalue weighted by atomic mass is 35.5. The number of carbonyl (C=O) groups excluding carboxylic acids is 3. The van der Waals surface area contributed by atoms with Gasteiger partial charge in [0, 0.05) is 20.6 Å². The quantitative estimate of drug-likeness (QED) is 0.349. The average Bonchev–Trinajstić information content (AvgIpc) is 2.78. The molecule has 1 fully saturated rings. The van der Waals surface area contributed by atoms with Gasteiger partial charge in [-0.3, -0.25) is 14.9 Å². The Balaban J connectivity index is 1.51. The molecule has 6 nitrogen and oxygen atoms in total. The second kappa shape index (κ2) is 9.67. The second-order valence-corrected chi connectivity index (χ2v) is 8.31. The molecule has 0 unspecified atom stereocenters. The van der Waals surface area contributed by atoms with Gasteiger partial charge in [-0.05, 0) is 60.2 Å². The van der Waals surface area contributed by atoms with E-state index in [4.69, 9.17) is 39.5 Å². The topological polar surface area (TPSA) is 75.7 Å². The number of anilines is 1. The summed E-state index contributed by atoms with van der Waals surface area (Å²) in [6.45, 7) is 0.246. The van der Waals surface area contributed by atoms with Gasteiger partial charge < -0.3 is 4.74 Å². The van der Waals surface area contributed by atoms with E-state index in [0.717, 1.165) is 10.5 Å². The lowest BCUT2D eigenvalue weighted by molar-refractivity contribution is -0.122. The monoisotopic (exact) mass is 500 g/mol. The molecule has 0 radical (unpaired) electrons. The zero-order valence-corrected chi connectivity index (χ0v) is 19.1. The molecule has 1 heterocycles. The fourth-order valence-corrected chi connectivity index (χ4v) is 3.70. The van der Waals surface area contributed by atoms with Crippen molar-refractivity contribution in [3.63, 3.8) is 0 Å². The number of urea groups is 1. The van der Waals surface area contributed by atoms with Crippen molar-refractivity contribution in [1.29, 1.82) is 0 Å². The summed E-state index contributed by atoms with van der Waals surface area (Å²) in [4.78, 5) is 38.4. The number of rotatable bonds is 5. The molecule has 1 aliphatic heterocycles. The van der Waals surface area contributed by atoms with Gasteiger partial charge in [-0.25, -0.2) is 9.69 Å². The van der Waals surface area contributed by atoms with Crippen molar-refractivity contribution in [2.45, 2.75) is 6.61 Å².